The number of benzene rings is 1. The molecule has 1 aromatic rings. The lowest BCUT2D eigenvalue weighted by atomic mass is 10.3. The predicted octanol–water partition coefficient (Wildman–Crippen LogP) is 2.38. The van der Waals surface area contributed by atoms with Gasteiger partial charge in [-0.15, -0.1) is 0 Å². The van der Waals surface area contributed by atoms with E-state index in [-0.39, 0.29) is 0 Å². The summed E-state index contributed by atoms with van der Waals surface area (Å²) in [7, 11) is 0. The standard InChI is InChI=1S/C14H22N2O/c1-2-16(11-12-3-4-12)9-10-17-14-7-5-13(15)6-8-14/h5-8,12H,2-4,9-11,15H2,1H3. The second-order valence-electron chi connectivity index (χ2n) is 4.75. The van der Waals surface area contributed by atoms with Crippen LogP contribution >= 0.6 is 0 Å². The first-order valence-corrected chi connectivity index (χ1v) is 6.48. The third-order valence-corrected chi connectivity index (χ3v) is 3.22. The number of nitrogen functional groups attached to an aromatic ring is 1. The highest BCUT2D eigenvalue weighted by molar-refractivity contribution is 5.41. The van der Waals surface area contributed by atoms with Crippen LogP contribution in [0.25, 0.3) is 0 Å². The fourth-order valence-corrected chi connectivity index (χ4v) is 1.90. The Kier molecular flexibility index (Phi) is 4.26. The van der Waals surface area contributed by atoms with E-state index < -0.39 is 0 Å². The maximum atomic E-state index is 5.70. The summed E-state index contributed by atoms with van der Waals surface area (Å²) in [5.41, 5.74) is 6.40. The first-order valence-electron chi connectivity index (χ1n) is 6.48. The average molecular weight is 234 g/mol. The Labute approximate surface area is 104 Å². The van der Waals surface area contributed by atoms with Crippen LogP contribution in [0.1, 0.15) is 19.8 Å². The monoisotopic (exact) mass is 234 g/mol. The minimum Gasteiger partial charge on any atom is -0.492 e. The summed E-state index contributed by atoms with van der Waals surface area (Å²) in [6.45, 7) is 6.33. The summed E-state index contributed by atoms with van der Waals surface area (Å²) in [5.74, 6) is 1.85. The number of hydrogen-bond acceptors (Lipinski definition) is 3. The first kappa shape index (κ1) is 12.2. The topological polar surface area (TPSA) is 38.5 Å². The van der Waals surface area contributed by atoms with Gasteiger partial charge in [-0.2, -0.15) is 0 Å². The quantitative estimate of drug-likeness (QED) is 0.736. The average Bonchev–Trinajstić information content (AvgIpc) is 3.14. The van der Waals surface area contributed by atoms with Crippen LogP contribution in [0.2, 0.25) is 0 Å². The number of nitrogens with zero attached hydrogens (tertiary/aromatic N) is 1. The Hall–Kier alpha value is -1.22. The Morgan fingerprint density at radius 2 is 2.00 bits per heavy atom. The Morgan fingerprint density at radius 3 is 2.59 bits per heavy atom. The summed E-state index contributed by atoms with van der Waals surface area (Å²) in [6, 6.07) is 7.59. The van der Waals surface area contributed by atoms with Gasteiger partial charge in [0.1, 0.15) is 12.4 Å². The van der Waals surface area contributed by atoms with E-state index in [2.05, 4.69) is 11.8 Å². The van der Waals surface area contributed by atoms with Gasteiger partial charge >= 0.3 is 0 Å². The van der Waals surface area contributed by atoms with E-state index >= 15 is 0 Å². The van der Waals surface area contributed by atoms with Crippen molar-refractivity contribution in [3.63, 3.8) is 0 Å². The Bertz CT molecular complexity index is 333. The molecule has 0 bridgehead atoms. The lowest BCUT2D eigenvalue weighted by molar-refractivity contribution is 0.210. The molecular weight excluding hydrogens is 212 g/mol. The molecule has 2 rings (SSSR count). The number of likely N-dealkylation sites (N-methyl/N-ethyl adjacent to an activating group) is 1. The molecular formula is C14H22N2O. The summed E-state index contributed by atoms with van der Waals surface area (Å²) in [5, 5.41) is 0. The summed E-state index contributed by atoms with van der Waals surface area (Å²) in [4.78, 5) is 2.47. The highest BCUT2D eigenvalue weighted by Gasteiger charge is 2.23. The lowest BCUT2D eigenvalue weighted by Crippen LogP contribution is -2.30. The van der Waals surface area contributed by atoms with E-state index in [0.29, 0.717) is 0 Å². The number of ether oxygens (including phenoxy) is 1. The van der Waals surface area contributed by atoms with Crippen LogP contribution in [-0.2, 0) is 0 Å². The van der Waals surface area contributed by atoms with Crippen molar-refractivity contribution in [3.8, 4) is 5.75 Å². The smallest absolute Gasteiger partial charge is 0.119 e. The van der Waals surface area contributed by atoms with E-state index in [4.69, 9.17) is 10.5 Å². The Morgan fingerprint density at radius 1 is 1.29 bits per heavy atom. The van der Waals surface area contributed by atoms with Crippen molar-refractivity contribution < 1.29 is 4.74 Å². The van der Waals surface area contributed by atoms with Gasteiger partial charge in [0.2, 0.25) is 0 Å². The van der Waals surface area contributed by atoms with Crippen molar-refractivity contribution >= 4 is 5.69 Å². The number of anilines is 1. The van der Waals surface area contributed by atoms with Crippen LogP contribution in [-0.4, -0.2) is 31.1 Å². The molecule has 1 aromatic carbocycles. The largest absolute Gasteiger partial charge is 0.492 e. The molecule has 1 saturated carbocycles. The SMILES string of the molecule is CCN(CCOc1ccc(N)cc1)CC1CC1. The van der Waals surface area contributed by atoms with Crippen LogP contribution in [0.4, 0.5) is 5.69 Å². The van der Waals surface area contributed by atoms with Gasteiger partial charge in [-0.1, -0.05) is 6.92 Å². The van der Waals surface area contributed by atoms with Crippen LogP contribution in [0, 0.1) is 5.92 Å². The zero-order valence-corrected chi connectivity index (χ0v) is 10.6. The number of nitrogens with two attached hydrogens (primary N) is 1. The highest BCUT2D eigenvalue weighted by Crippen LogP contribution is 2.29. The van der Waals surface area contributed by atoms with Gasteiger partial charge < -0.3 is 10.5 Å². The van der Waals surface area contributed by atoms with E-state index in [9.17, 15) is 0 Å². The van der Waals surface area contributed by atoms with E-state index in [0.717, 1.165) is 37.1 Å². The molecule has 0 aromatic heterocycles. The van der Waals surface area contributed by atoms with Crippen LogP contribution in [0.5, 0.6) is 5.75 Å². The third-order valence-electron chi connectivity index (χ3n) is 3.22. The summed E-state index contributed by atoms with van der Waals surface area (Å²) >= 11 is 0. The molecule has 17 heavy (non-hydrogen) atoms. The van der Waals surface area contributed by atoms with E-state index in [1.165, 1.54) is 19.4 Å². The molecule has 0 heterocycles. The lowest BCUT2D eigenvalue weighted by Gasteiger charge is -2.20. The fourth-order valence-electron chi connectivity index (χ4n) is 1.90. The molecule has 3 heteroatoms. The van der Waals surface area contributed by atoms with Crippen molar-refractivity contribution in [3.05, 3.63) is 24.3 Å². The minimum atomic E-state index is 0.754. The maximum absolute atomic E-state index is 5.70. The van der Waals surface area contributed by atoms with Crippen molar-refractivity contribution in [2.75, 3.05) is 32.0 Å². The summed E-state index contributed by atoms with van der Waals surface area (Å²) < 4.78 is 5.70. The number of rotatable bonds is 7. The molecule has 3 nitrogen and oxygen atoms in total. The molecule has 1 aliphatic rings. The maximum Gasteiger partial charge on any atom is 0.119 e. The van der Waals surface area contributed by atoms with Gasteiger partial charge in [-0.05, 0) is 49.6 Å². The second kappa shape index (κ2) is 5.92. The Balaban J connectivity index is 1.68. The van der Waals surface area contributed by atoms with Crippen LogP contribution in [0.3, 0.4) is 0 Å². The zero-order chi connectivity index (χ0) is 12.1. The predicted molar refractivity (Wildman–Crippen MR) is 71.2 cm³/mol. The fraction of sp³-hybridized carbons (Fsp3) is 0.571. The molecule has 1 fully saturated rings. The molecule has 0 aliphatic heterocycles. The zero-order valence-electron chi connectivity index (χ0n) is 10.6. The second-order valence-corrected chi connectivity index (χ2v) is 4.75. The molecule has 0 spiro atoms. The molecule has 0 saturated heterocycles. The normalized spacial score (nSPS) is 15.2. The molecule has 0 amide bonds. The highest BCUT2D eigenvalue weighted by atomic mass is 16.5. The molecule has 1 aliphatic carbocycles. The van der Waals surface area contributed by atoms with Gasteiger partial charge in [0.05, 0.1) is 0 Å². The van der Waals surface area contributed by atoms with Crippen LogP contribution < -0.4 is 10.5 Å². The minimum absolute atomic E-state index is 0.754. The van der Waals surface area contributed by atoms with Crippen molar-refractivity contribution in [2.45, 2.75) is 19.8 Å². The van der Waals surface area contributed by atoms with E-state index in [1.54, 1.807) is 0 Å². The van der Waals surface area contributed by atoms with Gasteiger partial charge in [-0.25, -0.2) is 0 Å². The van der Waals surface area contributed by atoms with Gasteiger partial charge in [0, 0.05) is 18.8 Å². The third kappa shape index (κ3) is 4.27. The van der Waals surface area contributed by atoms with Gasteiger partial charge in [0.15, 0.2) is 0 Å². The van der Waals surface area contributed by atoms with Gasteiger partial charge in [0.25, 0.3) is 0 Å². The summed E-state index contributed by atoms with van der Waals surface area (Å²) in [6.07, 6.45) is 2.82. The van der Waals surface area contributed by atoms with Crippen LogP contribution in [0.15, 0.2) is 24.3 Å². The molecule has 2 N–H and O–H groups in total. The van der Waals surface area contributed by atoms with Crippen molar-refractivity contribution in [1.29, 1.82) is 0 Å². The first-order chi connectivity index (χ1) is 8.28. The molecule has 0 radical (unpaired) electrons. The van der Waals surface area contributed by atoms with E-state index in [1.807, 2.05) is 24.3 Å². The van der Waals surface area contributed by atoms with Crippen molar-refractivity contribution in [1.82, 2.24) is 4.90 Å². The molecule has 94 valence electrons. The molecule has 0 atom stereocenters. The van der Waals surface area contributed by atoms with Crippen molar-refractivity contribution in [2.24, 2.45) is 5.92 Å². The van der Waals surface area contributed by atoms with Gasteiger partial charge in [-0.3, -0.25) is 4.90 Å². The molecule has 0 unspecified atom stereocenters. The number of hydrogen-bond donors (Lipinski definition) is 1.